The molecule has 0 aromatic heterocycles. The Hall–Kier alpha value is -0.620. The molecule has 0 aliphatic heterocycles. The normalized spacial score (nSPS) is 6.29. The van der Waals surface area contributed by atoms with Crippen LogP contribution in [0.3, 0.4) is 0 Å². The summed E-state index contributed by atoms with van der Waals surface area (Å²) < 4.78 is 0. The van der Waals surface area contributed by atoms with Crippen molar-refractivity contribution in [2.45, 2.75) is 20.8 Å². The zero-order valence-electron chi connectivity index (χ0n) is 4.99. The molecule has 0 spiro atoms. The summed E-state index contributed by atoms with van der Waals surface area (Å²) in [6.07, 6.45) is 0.750. The molecule has 0 fully saturated rings. The van der Waals surface area contributed by atoms with E-state index in [1.165, 1.54) is 0 Å². The van der Waals surface area contributed by atoms with Gasteiger partial charge in [-0.15, -0.1) is 0 Å². The maximum Gasteiger partial charge on any atom is 0.231 e. The van der Waals surface area contributed by atoms with Crippen LogP contribution in [0.2, 0.25) is 0 Å². The van der Waals surface area contributed by atoms with Gasteiger partial charge in [0.05, 0.1) is 0 Å². The minimum Gasteiger partial charge on any atom is -0.222 e. The van der Waals surface area contributed by atoms with Crippen LogP contribution in [0.25, 0.3) is 0 Å². The van der Waals surface area contributed by atoms with Crippen molar-refractivity contribution in [1.82, 2.24) is 0 Å². The summed E-state index contributed by atoms with van der Waals surface area (Å²) in [6, 6.07) is 0. The summed E-state index contributed by atoms with van der Waals surface area (Å²) in [6.45, 7) is 6.50. The van der Waals surface area contributed by atoms with Crippen LogP contribution in [0.4, 0.5) is 0 Å². The van der Waals surface area contributed by atoms with Gasteiger partial charge in [-0.1, -0.05) is 20.8 Å². The minimum absolute atomic E-state index is 0.750. The van der Waals surface area contributed by atoms with Crippen LogP contribution in [-0.2, 0) is 4.79 Å². The molecule has 2 nitrogen and oxygen atoms in total. The second-order valence-electron chi connectivity index (χ2n) is 1.83. The van der Waals surface area contributed by atoms with Crippen LogP contribution < -0.4 is 0 Å². The summed E-state index contributed by atoms with van der Waals surface area (Å²) in [5.41, 5.74) is 0. The Balaban J connectivity index is 0. The van der Waals surface area contributed by atoms with Crippen LogP contribution >= 0.6 is 0 Å². The van der Waals surface area contributed by atoms with Gasteiger partial charge in [0, 0.05) is 0 Å². The van der Waals surface area contributed by atoms with Gasteiger partial charge < -0.3 is 0 Å². The highest BCUT2D eigenvalue weighted by atomic mass is 16.1. The van der Waals surface area contributed by atoms with Gasteiger partial charge in [0.2, 0.25) is 6.08 Å². The Bertz CT molecular complexity index is 50.3. The van der Waals surface area contributed by atoms with E-state index >= 15 is 0 Å². The molecule has 0 unspecified atom stereocenters. The molecule has 0 radical (unpaired) electrons. The number of isocyanates is 1. The smallest absolute Gasteiger partial charge is 0.222 e. The molecule has 42 valence electrons. The highest BCUT2D eigenvalue weighted by Gasteiger charge is 1.68. The molecule has 7 heavy (non-hydrogen) atoms. The van der Waals surface area contributed by atoms with Crippen molar-refractivity contribution in [1.29, 1.82) is 5.41 Å². The molecule has 2 heteroatoms. The molecule has 1 N–H and O–H groups in total. The standard InChI is InChI=1S/C4H10.CHNO/c1-4(2)3;2-1-3/h4H,1-3H3;2H. The van der Waals surface area contributed by atoms with Gasteiger partial charge in [0.1, 0.15) is 0 Å². The molecule has 0 saturated carbocycles. The van der Waals surface area contributed by atoms with Gasteiger partial charge in [0.25, 0.3) is 0 Å². The lowest BCUT2D eigenvalue weighted by atomic mass is 10.3. The van der Waals surface area contributed by atoms with Crippen molar-refractivity contribution < 1.29 is 4.79 Å². The number of hydrogen-bond acceptors (Lipinski definition) is 2. The van der Waals surface area contributed by atoms with E-state index in [-0.39, 0.29) is 0 Å². The zero-order valence-corrected chi connectivity index (χ0v) is 4.99. The van der Waals surface area contributed by atoms with E-state index in [4.69, 9.17) is 10.2 Å². The number of nitrogens with one attached hydrogen (secondary N) is 1. The van der Waals surface area contributed by atoms with Gasteiger partial charge >= 0.3 is 0 Å². The van der Waals surface area contributed by atoms with Crippen molar-refractivity contribution >= 4 is 6.08 Å². The van der Waals surface area contributed by atoms with Gasteiger partial charge in [-0.3, -0.25) is 0 Å². The highest BCUT2D eigenvalue weighted by molar-refractivity contribution is 5.26. The molecular formula is C5H11NO. The van der Waals surface area contributed by atoms with E-state index in [0.29, 0.717) is 0 Å². The van der Waals surface area contributed by atoms with E-state index in [1.54, 1.807) is 0 Å². The Labute approximate surface area is 44.1 Å². The topological polar surface area (TPSA) is 40.9 Å². The second kappa shape index (κ2) is 9.03. The fraction of sp³-hybridized carbons (Fsp3) is 0.800. The van der Waals surface area contributed by atoms with E-state index in [2.05, 4.69) is 20.8 Å². The van der Waals surface area contributed by atoms with Crippen LogP contribution in [0.1, 0.15) is 20.8 Å². The molecule has 0 aromatic carbocycles. The fourth-order valence-corrected chi connectivity index (χ4v) is 0. The summed E-state index contributed by atoms with van der Waals surface area (Å²) in [5, 5.41) is 5.40. The Morgan fingerprint density at radius 1 is 1.43 bits per heavy atom. The van der Waals surface area contributed by atoms with Crippen molar-refractivity contribution in [3.63, 3.8) is 0 Å². The Kier molecular flexibility index (Phi) is 12.4. The fourth-order valence-electron chi connectivity index (χ4n) is 0. The first-order valence-electron chi connectivity index (χ1n) is 2.19. The van der Waals surface area contributed by atoms with Crippen molar-refractivity contribution in [2.75, 3.05) is 0 Å². The quantitative estimate of drug-likeness (QED) is 0.365. The second-order valence-corrected chi connectivity index (χ2v) is 1.83. The first-order valence-corrected chi connectivity index (χ1v) is 2.19. The summed E-state index contributed by atoms with van der Waals surface area (Å²) in [4.78, 5) is 8.35. The third kappa shape index (κ3) is 160. The monoisotopic (exact) mass is 101 g/mol. The van der Waals surface area contributed by atoms with Crippen molar-refractivity contribution in [2.24, 2.45) is 5.92 Å². The SMILES string of the molecule is CC(C)C.N=C=O. The average Bonchev–Trinajstić information content (AvgIpc) is 1.33. The van der Waals surface area contributed by atoms with Gasteiger partial charge in [-0.2, -0.15) is 0 Å². The van der Waals surface area contributed by atoms with Crippen LogP contribution in [-0.4, -0.2) is 6.08 Å². The van der Waals surface area contributed by atoms with Crippen LogP contribution in [0.5, 0.6) is 0 Å². The Morgan fingerprint density at radius 3 is 1.43 bits per heavy atom. The van der Waals surface area contributed by atoms with E-state index in [9.17, 15) is 0 Å². The maximum absolute atomic E-state index is 8.35. The summed E-state index contributed by atoms with van der Waals surface area (Å²) in [7, 11) is 0. The molecule has 0 rings (SSSR count). The largest absolute Gasteiger partial charge is 0.231 e. The van der Waals surface area contributed by atoms with Gasteiger partial charge in [-0.05, 0) is 5.92 Å². The first-order chi connectivity index (χ1) is 3.15. The average molecular weight is 101 g/mol. The van der Waals surface area contributed by atoms with E-state index in [0.717, 1.165) is 12.0 Å². The number of rotatable bonds is 0. The van der Waals surface area contributed by atoms with Gasteiger partial charge in [0.15, 0.2) is 0 Å². The number of hydrogen-bond donors (Lipinski definition) is 1. The lowest BCUT2D eigenvalue weighted by Crippen LogP contribution is -1.66. The summed E-state index contributed by atoms with van der Waals surface area (Å²) >= 11 is 0. The molecule has 0 saturated heterocycles. The minimum atomic E-state index is 0.750. The lowest BCUT2D eigenvalue weighted by Gasteiger charge is -1.79. The summed E-state index contributed by atoms with van der Waals surface area (Å²) in [5.74, 6) is 0.833. The van der Waals surface area contributed by atoms with Crippen LogP contribution in [0.15, 0.2) is 0 Å². The molecule has 0 aliphatic rings. The third-order valence-electron chi connectivity index (χ3n) is 0. The Morgan fingerprint density at radius 2 is 1.43 bits per heavy atom. The molecular weight excluding hydrogens is 90.1 g/mol. The predicted molar refractivity (Wildman–Crippen MR) is 28.9 cm³/mol. The maximum atomic E-state index is 8.35. The molecule has 0 heterocycles. The molecule has 0 amide bonds. The van der Waals surface area contributed by atoms with Gasteiger partial charge in [-0.25, -0.2) is 10.2 Å². The highest BCUT2D eigenvalue weighted by Crippen LogP contribution is 1.81. The molecule has 0 aromatic rings. The zero-order chi connectivity index (χ0) is 6.28. The van der Waals surface area contributed by atoms with Crippen LogP contribution in [0, 0.1) is 11.3 Å². The predicted octanol–water partition coefficient (Wildman–Crippen LogP) is 1.56. The lowest BCUT2D eigenvalue weighted by molar-refractivity contribution is 0.563. The third-order valence-corrected chi connectivity index (χ3v) is 0. The first kappa shape index (κ1) is 9.63. The molecule has 0 atom stereocenters. The number of carbonyl (C=O) groups excluding carboxylic acids is 1. The van der Waals surface area contributed by atoms with E-state index in [1.807, 2.05) is 0 Å². The van der Waals surface area contributed by atoms with Crippen molar-refractivity contribution in [3.8, 4) is 0 Å². The molecule has 0 bridgehead atoms. The van der Waals surface area contributed by atoms with E-state index < -0.39 is 0 Å². The molecule has 0 aliphatic carbocycles. The van der Waals surface area contributed by atoms with Crippen molar-refractivity contribution in [3.05, 3.63) is 0 Å².